The van der Waals surface area contributed by atoms with Crippen molar-refractivity contribution in [1.29, 1.82) is 0 Å². The van der Waals surface area contributed by atoms with Gasteiger partial charge in [0.1, 0.15) is 5.78 Å². The number of halogens is 1. The zero-order valence-corrected chi connectivity index (χ0v) is 21.8. The summed E-state index contributed by atoms with van der Waals surface area (Å²) in [5.41, 5.74) is 1.03. The third-order valence-corrected chi connectivity index (χ3v) is 11.8. The molecule has 0 spiro atoms. The molecule has 29 heavy (non-hydrogen) atoms. The molecule has 4 aliphatic carbocycles. The second-order valence-corrected chi connectivity index (χ2v) is 14.0. The van der Waals surface area contributed by atoms with Gasteiger partial charge in [-0.05, 0) is 97.2 Å². The average molecular weight is 513 g/mol. The van der Waals surface area contributed by atoms with E-state index in [2.05, 4.69) is 57.2 Å². The van der Waals surface area contributed by atoms with E-state index in [1.54, 1.807) is 0 Å². The van der Waals surface area contributed by atoms with Crippen molar-refractivity contribution in [2.24, 2.45) is 52.3 Å². The first-order valence-corrected chi connectivity index (χ1v) is 14.1. The highest BCUT2D eigenvalue weighted by Gasteiger charge is 2.61. The number of carbonyl (C=O) groups is 1. The first kappa shape index (κ1) is 22.6. The molecule has 0 aliphatic heterocycles. The predicted molar refractivity (Wildman–Crippen MR) is 131 cm³/mol. The van der Waals surface area contributed by atoms with Crippen molar-refractivity contribution in [3.05, 3.63) is 0 Å². The maximum absolute atomic E-state index is 12.4. The fraction of sp³-hybridized carbons (Fsp3) is 0.963. The maximum Gasteiger partial charge on any atom is 0.145 e. The van der Waals surface area contributed by atoms with Crippen molar-refractivity contribution in [3.8, 4) is 0 Å². The average Bonchev–Trinajstić information content (AvgIpc) is 3.00. The summed E-state index contributed by atoms with van der Waals surface area (Å²) in [6.07, 6.45) is 14.9. The van der Waals surface area contributed by atoms with Crippen LogP contribution in [0.2, 0.25) is 0 Å². The van der Waals surface area contributed by atoms with Gasteiger partial charge in [0.2, 0.25) is 0 Å². The van der Waals surface area contributed by atoms with Crippen molar-refractivity contribution < 1.29 is 4.79 Å². The summed E-state index contributed by atoms with van der Waals surface area (Å²) in [4.78, 5) is 12.4. The summed E-state index contributed by atoms with van der Waals surface area (Å²) in [6.45, 7) is 12.6. The van der Waals surface area contributed by atoms with Crippen LogP contribution >= 0.6 is 22.6 Å². The molecule has 0 aromatic heterocycles. The summed E-state index contributed by atoms with van der Waals surface area (Å²) in [5.74, 6) is 6.72. The van der Waals surface area contributed by atoms with Crippen LogP contribution in [0, 0.1) is 52.3 Å². The Morgan fingerprint density at radius 3 is 2.41 bits per heavy atom. The molecule has 9 atom stereocenters. The molecule has 0 aromatic rings. The smallest absolute Gasteiger partial charge is 0.145 e. The molecule has 0 N–H and O–H groups in total. The van der Waals surface area contributed by atoms with E-state index in [9.17, 15) is 4.79 Å². The molecular formula is C27H45IO. The molecule has 0 aromatic carbocycles. The Labute approximate surface area is 194 Å². The predicted octanol–water partition coefficient (Wildman–Crippen LogP) is 8.09. The van der Waals surface area contributed by atoms with Gasteiger partial charge in [-0.25, -0.2) is 0 Å². The molecule has 1 nitrogen and oxygen atoms in total. The van der Waals surface area contributed by atoms with E-state index < -0.39 is 0 Å². The van der Waals surface area contributed by atoms with Gasteiger partial charge in [-0.2, -0.15) is 0 Å². The second-order valence-electron chi connectivity index (χ2n) is 12.5. The number of fused-ring (bicyclic) bond motifs is 5. The van der Waals surface area contributed by atoms with E-state index in [-0.39, 0.29) is 3.92 Å². The van der Waals surface area contributed by atoms with Crippen LogP contribution in [0.15, 0.2) is 0 Å². The van der Waals surface area contributed by atoms with Gasteiger partial charge >= 0.3 is 0 Å². The summed E-state index contributed by atoms with van der Waals surface area (Å²) < 4.78 is 0.276. The molecule has 0 bridgehead atoms. The van der Waals surface area contributed by atoms with Crippen LogP contribution in [0.1, 0.15) is 105 Å². The topological polar surface area (TPSA) is 17.1 Å². The Bertz CT molecular complexity index is 614. The van der Waals surface area contributed by atoms with E-state index in [1.807, 2.05) is 0 Å². The number of ketones is 1. The summed E-state index contributed by atoms with van der Waals surface area (Å²) in [5, 5.41) is 0. The lowest BCUT2D eigenvalue weighted by Gasteiger charge is -2.61. The van der Waals surface area contributed by atoms with Crippen molar-refractivity contribution >= 4 is 28.4 Å². The molecule has 4 saturated carbocycles. The maximum atomic E-state index is 12.4. The van der Waals surface area contributed by atoms with Crippen molar-refractivity contribution in [2.45, 2.75) is 109 Å². The van der Waals surface area contributed by atoms with Crippen LogP contribution in [-0.4, -0.2) is 9.71 Å². The number of hydrogen-bond donors (Lipinski definition) is 0. The highest BCUT2D eigenvalue weighted by molar-refractivity contribution is 14.1. The van der Waals surface area contributed by atoms with Gasteiger partial charge in [-0.3, -0.25) is 4.79 Å². The van der Waals surface area contributed by atoms with Crippen LogP contribution in [0.5, 0.6) is 0 Å². The van der Waals surface area contributed by atoms with Gasteiger partial charge in [0.05, 0.1) is 3.92 Å². The number of hydrogen-bond acceptors (Lipinski definition) is 1. The molecule has 0 amide bonds. The summed E-state index contributed by atoms with van der Waals surface area (Å²) >= 11 is 2.46. The van der Waals surface area contributed by atoms with E-state index in [0.29, 0.717) is 22.5 Å². The van der Waals surface area contributed by atoms with Gasteiger partial charge in [0.15, 0.2) is 0 Å². The Morgan fingerprint density at radius 1 is 0.966 bits per heavy atom. The van der Waals surface area contributed by atoms with Crippen LogP contribution < -0.4 is 0 Å². The molecule has 0 radical (unpaired) electrons. The zero-order chi connectivity index (χ0) is 21.0. The Morgan fingerprint density at radius 2 is 1.69 bits per heavy atom. The van der Waals surface area contributed by atoms with E-state index in [0.717, 1.165) is 48.3 Å². The molecule has 2 heteroatoms. The van der Waals surface area contributed by atoms with Crippen LogP contribution in [0.3, 0.4) is 0 Å². The SMILES string of the molecule is CC(C)CCC[C@@H](C)[C@H]1CC[C@H]2[C@@H]3CC[C@H]4CC(=O)[C@H](I)C[C@]4(C)[C@H]3CC[C@]12C. The minimum Gasteiger partial charge on any atom is -0.299 e. The van der Waals surface area contributed by atoms with Crippen molar-refractivity contribution in [1.82, 2.24) is 0 Å². The van der Waals surface area contributed by atoms with Gasteiger partial charge in [-0.15, -0.1) is 0 Å². The van der Waals surface area contributed by atoms with Gasteiger partial charge in [-0.1, -0.05) is 76.5 Å². The zero-order valence-electron chi connectivity index (χ0n) is 19.7. The molecule has 4 fully saturated rings. The van der Waals surface area contributed by atoms with E-state index in [1.165, 1.54) is 57.8 Å². The van der Waals surface area contributed by atoms with Gasteiger partial charge in [0.25, 0.3) is 0 Å². The van der Waals surface area contributed by atoms with E-state index in [4.69, 9.17) is 0 Å². The largest absolute Gasteiger partial charge is 0.299 e. The fourth-order valence-corrected chi connectivity index (χ4v) is 10.3. The number of carbonyl (C=O) groups excluding carboxylic acids is 1. The van der Waals surface area contributed by atoms with Crippen LogP contribution in [0.25, 0.3) is 0 Å². The first-order valence-electron chi connectivity index (χ1n) is 12.8. The number of rotatable bonds is 5. The molecule has 166 valence electrons. The normalized spacial score (nSPS) is 48.2. The molecular weight excluding hydrogens is 467 g/mol. The first-order chi connectivity index (χ1) is 13.7. The number of Topliss-reactive ketones (excluding diaryl/α,β-unsaturated/α-hetero) is 1. The lowest BCUT2D eigenvalue weighted by atomic mass is 9.44. The minimum atomic E-state index is 0.276. The third kappa shape index (κ3) is 3.88. The minimum absolute atomic E-state index is 0.276. The molecule has 0 heterocycles. The lowest BCUT2D eigenvalue weighted by Crippen LogP contribution is -2.55. The molecule has 0 unspecified atom stereocenters. The Kier molecular flexibility index (Phi) is 6.54. The van der Waals surface area contributed by atoms with Crippen LogP contribution in [-0.2, 0) is 4.79 Å². The quantitative estimate of drug-likeness (QED) is 0.269. The van der Waals surface area contributed by atoms with Gasteiger partial charge < -0.3 is 0 Å². The summed E-state index contributed by atoms with van der Waals surface area (Å²) in [6, 6.07) is 0. The summed E-state index contributed by atoms with van der Waals surface area (Å²) in [7, 11) is 0. The Hall–Kier alpha value is 0.400. The molecule has 4 rings (SSSR count). The van der Waals surface area contributed by atoms with E-state index >= 15 is 0 Å². The van der Waals surface area contributed by atoms with Crippen molar-refractivity contribution in [3.63, 3.8) is 0 Å². The highest BCUT2D eigenvalue weighted by Crippen LogP contribution is 2.68. The third-order valence-electron chi connectivity index (χ3n) is 10.7. The standard InChI is InChI=1S/C27H45IO/c1-17(2)7-6-8-18(3)21-11-12-22-20-10-9-19-15-25(29)24(28)16-27(19,5)23(20)13-14-26(21,22)4/h17-24H,6-16H2,1-5H3/t18-,19+,20+,21-,22+,23+,24-,26-,27+/m1/s1. The lowest BCUT2D eigenvalue weighted by molar-refractivity contribution is -0.138. The molecule has 0 saturated heterocycles. The highest BCUT2D eigenvalue weighted by atomic mass is 127. The van der Waals surface area contributed by atoms with Gasteiger partial charge in [0, 0.05) is 6.42 Å². The second kappa shape index (κ2) is 8.39. The van der Waals surface area contributed by atoms with Crippen LogP contribution in [0.4, 0.5) is 0 Å². The molecule has 4 aliphatic rings. The fourth-order valence-electron chi connectivity index (χ4n) is 9.08. The monoisotopic (exact) mass is 512 g/mol. The Balaban J connectivity index is 1.48. The number of alkyl halides is 1. The van der Waals surface area contributed by atoms with Crippen molar-refractivity contribution in [2.75, 3.05) is 0 Å².